The van der Waals surface area contributed by atoms with Crippen LogP contribution in [0.2, 0.25) is 0 Å². The summed E-state index contributed by atoms with van der Waals surface area (Å²) in [5.41, 5.74) is -0.327. The molecule has 1 saturated heterocycles. The summed E-state index contributed by atoms with van der Waals surface area (Å²) in [6.45, 7) is 7.70. The van der Waals surface area contributed by atoms with Gasteiger partial charge in [0.05, 0.1) is 6.42 Å². The lowest BCUT2D eigenvalue weighted by molar-refractivity contribution is -0.133. The van der Waals surface area contributed by atoms with E-state index < -0.39 is 0 Å². The summed E-state index contributed by atoms with van der Waals surface area (Å²) in [4.78, 5) is 21.6. The molecule has 1 fully saturated rings. The van der Waals surface area contributed by atoms with Gasteiger partial charge in [0.15, 0.2) is 0 Å². The highest BCUT2D eigenvalue weighted by Gasteiger charge is 2.30. The van der Waals surface area contributed by atoms with Crippen molar-refractivity contribution in [2.45, 2.75) is 46.1 Å². The van der Waals surface area contributed by atoms with Crippen LogP contribution < -0.4 is 5.32 Å². The lowest BCUT2D eigenvalue weighted by Crippen LogP contribution is -2.49. The Morgan fingerprint density at radius 1 is 1.25 bits per heavy atom. The van der Waals surface area contributed by atoms with Crippen molar-refractivity contribution >= 4 is 11.7 Å². The van der Waals surface area contributed by atoms with Crippen LogP contribution in [0.15, 0.2) is 0 Å². The number of hydrogen-bond acceptors (Lipinski definition) is 2. The first-order chi connectivity index (χ1) is 5.49. The van der Waals surface area contributed by atoms with Gasteiger partial charge in [0, 0.05) is 12.0 Å². The van der Waals surface area contributed by atoms with Crippen LogP contribution in [-0.2, 0) is 9.59 Å². The van der Waals surface area contributed by atoms with Gasteiger partial charge in [0.2, 0.25) is 5.91 Å². The number of nitrogens with one attached hydrogen (secondary N) is 1. The zero-order valence-electron chi connectivity index (χ0n) is 8.23. The number of rotatable bonds is 0. The van der Waals surface area contributed by atoms with E-state index in [0.717, 1.165) is 0 Å². The number of ketones is 1. The largest absolute Gasteiger partial charge is 0.350 e. The number of Topliss-reactive ketones (excluding diaryl/α,β-unsaturated/α-hetero) is 1. The first kappa shape index (κ1) is 11.1. The second-order valence-electron chi connectivity index (χ2n) is 3.32. The Morgan fingerprint density at radius 3 is 2.08 bits per heavy atom. The summed E-state index contributed by atoms with van der Waals surface area (Å²) in [5, 5.41) is 2.73. The summed E-state index contributed by atoms with van der Waals surface area (Å²) in [5.74, 6) is -0.116. The van der Waals surface area contributed by atoms with Gasteiger partial charge in [-0.2, -0.15) is 0 Å². The van der Waals surface area contributed by atoms with Crippen molar-refractivity contribution in [3.05, 3.63) is 0 Å². The normalized spacial score (nSPS) is 20.7. The van der Waals surface area contributed by atoms with E-state index in [-0.39, 0.29) is 23.7 Å². The molecule has 0 unspecified atom stereocenters. The minimum absolute atomic E-state index is 0.0359. The number of amides is 1. The predicted molar refractivity (Wildman–Crippen MR) is 47.8 cm³/mol. The lowest BCUT2D eigenvalue weighted by Gasteiger charge is -2.29. The summed E-state index contributed by atoms with van der Waals surface area (Å²) in [7, 11) is 0. The maximum absolute atomic E-state index is 10.8. The third-order valence-electron chi connectivity index (χ3n) is 1.47. The Kier molecular flexibility index (Phi) is 3.93. The average molecular weight is 171 g/mol. The van der Waals surface area contributed by atoms with Crippen LogP contribution in [-0.4, -0.2) is 17.2 Å². The van der Waals surface area contributed by atoms with Crippen molar-refractivity contribution in [2.24, 2.45) is 0 Å². The molecule has 1 aliphatic rings. The smallest absolute Gasteiger partial charge is 0.227 e. The van der Waals surface area contributed by atoms with Crippen LogP contribution in [0.25, 0.3) is 0 Å². The van der Waals surface area contributed by atoms with Crippen LogP contribution in [0, 0.1) is 0 Å². The fourth-order valence-corrected chi connectivity index (χ4v) is 1.20. The number of hydrogen-bond donors (Lipinski definition) is 1. The number of carbonyl (C=O) groups excluding carboxylic acids is 2. The zero-order chi connectivity index (χ0) is 9.78. The molecule has 1 rings (SSSR count). The minimum atomic E-state index is -0.327. The first-order valence-electron chi connectivity index (χ1n) is 4.32. The number of carbonyl (C=O) groups is 2. The Hall–Kier alpha value is -0.860. The average Bonchev–Trinajstić information content (AvgIpc) is 1.85. The molecule has 0 spiro atoms. The Bertz CT molecular complexity index is 167. The van der Waals surface area contributed by atoms with Crippen molar-refractivity contribution in [3.63, 3.8) is 0 Å². The van der Waals surface area contributed by atoms with Crippen LogP contribution in [0.1, 0.15) is 40.5 Å². The molecule has 1 aliphatic heterocycles. The van der Waals surface area contributed by atoms with Crippen molar-refractivity contribution in [2.75, 3.05) is 0 Å². The molecule has 1 N–H and O–H groups in total. The first-order valence-corrected chi connectivity index (χ1v) is 4.32. The highest BCUT2D eigenvalue weighted by molar-refractivity contribution is 6.01. The lowest BCUT2D eigenvalue weighted by atomic mass is 9.92. The zero-order valence-corrected chi connectivity index (χ0v) is 8.23. The Balaban J connectivity index is 0.000000561. The topological polar surface area (TPSA) is 46.2 Å². The molecule has 0 saturated carbocycles. The molecule has 3 nitrogen and oxygen atoms in total. The third-order valence-corrected chi connectivity index (χ3v) is 1.47. The van der Waals surface area contributed by atoms with Crippen molar-refractivity contribution < 1.29 is 9.59 Å². The highest BCUT2D eigenvalue weighted by Crippen LogP contribution is 2.14. The molecular weight excluding hydrogens is 154 g/mol. The molecule has 0 aromatic carbocycles. The second kappa shape index (κ2) is 4.24. The molecule has 12 heavy (non-hydrogen) atoms. The molecule has 0 aromatic rings. The van der Waals surface area contributed by atoms with E-state index >= 15 is 0 Å². The van der Waals surface area contributed by atoms with Gasteiger partial charge in [-0.25, -0.2) is 0 Å². The molecular formula is C9H17NO2. The van der Waals surface area contributed by atoms with Crippen molar-refractivity contribution in [1.82, 2.24) is 5.32 Å². The fraction of sp³-hybridized carbons (Fsp3) is 0.778. The van der Waals surface area contributed by atoms with Crippen LogP contribution in [0.4, 0.5) is 0 Å². The molecule has 70 valence electrons. The quantitative estimate of drug-likeness (QED) is 0.558. The standard InChI is InChI=1S/C7H11NO2.C2H6/c1-7(2)4-5(9)3-6(10)8-7;1-2/h3-4H2,1-2H3,(H,8,10);1-2H3. The molecule has 1 amide bonds. The Labute approximate surface area is 73.5 Å². The number of piperidine rings is 1. The van der Waals surface area contributed by atoms with Gasteiger partial charge in [-0.15, -0.1) is 0 Å². The van der Waals surface area contributed by atoms with E-state index in [1.54, 1.807) is 0 Å². The summed E-state index contributed by atoms with van der Waals surface area (Å²) < 4.78 is 0. The molecule has 1 heterocycles. The van der Waals surface area contributed by atoms with Gasteiger partial charge in [-0.05, 0) is 13.8 Å². The maximum atomic E-state index is 10.8. The van der Waals surface area contributed by atoms with Gasteiger partial charge in [-0.1, -0.05) is 13.8 Å². The van der Waals surface area contributed by atoms with E-state index in [9.17, 15) is 9.59 Å². The van der Waals surface area contributed by atoms with E-state index in [1.165, 1.54) is 0 Å². The summed E-state index contributed by atoms with van der Waals surface area (Å²) in [6, 6.07) is 0. The van der Waals surface area contributed by atoms with Crippen molar-refractivity contribution in [3.8, 4) is 0 Å². The Morgan fingerprint density at radius 2 is 1.75 bits per heavy atom. The second-order valence-corrected chi connectivity index (χ2v) is 3.32. The highest BCUT2D eigenvalue weighted by atomic mass is 16.2. The predicted octanol–water partition coefficient (Wildman–Crippen LogP) is 1.27. The van der Waals surface area contributed by atoms with E-state index in [1.807, 2.05) is 27.7 Å². The maximum Gasteiger partial charge on any atom is 0.227 e. The summed E-state index contributed by atoms with van der Waals surface area (Å²) in [6.07, 6.45) is 0.516. The third kappa shape index (κ3) is 3.51. The van der Waals surface area contributed by atoms with E-state index in [4.69, 9.17) is 0 Å². The monoisotopic (exact) mass is 171 g/mol. The van der Waals surface area contributed by atoms with Gasteiger partial charge >= 0.3 is 0 Å². The molecule has 3 heteroatoms. The fourth-order valence-electron chi connectivity index (χ4n) is 1.20. The molecule has 0 aliphatic carbocycles. The van der Waals surface area contributed by atoms with E-state index in [0.29, 0.717) is 6.42 Å². The SMILES string of the molecule is CC.CC1(C)CC(=O)CC(=O)N1. The van der Waals surface area contributed by atoms with Crippen molar-refractivity contribution in [1.29, 1.82) is 0 Å². The van der Waals surface area contributed by atoms with E-state index in [2.05, 4.69) is 5.32 Å². The molecule has 0 bridgehead atoms. The summed E-state index contributed by atoms with van der Waals surface area (Å²) >= 11 is 0. The van der Waals surface area contributed by atoms with Crippen LogP contribution >= 0.6 is 0 Å². The van der Waals surface area contributed by atoms with Gasteiger partial charge in [0.25, 0.3) is 0 Å². The molecule has 0 radical (unpaired) electrons. The van der Waals surface area contributed by atoms with Crippen LogP contribution in [0.5, 0.6) is 0 Å². The molecule has 0 aromatic heterocycles. The van der Waals surface area contributed by atoms with Crippen LogP contribution in [0.3, 0.4) is 0 Å². The van der Waals surface area contributed by atoms with Gasteiger partial charge in [0.1, 0.15) is 5.78 Å². The van der Waals surface area contributed by atoms with Gasteiger partial charge < -0.3 is 5.32 Å². The van der Waals surface area contributed by atoms with Gasteiger partial charge in [-0.3, -0.25) is 9.59 Å². The minimum Gasteiger partial charge on any atom is -0.350 e. The molecule has 0 atom stereocenters.